The van der Waals surface area contributed by atoms with E-state index in [9.17, 15) is 18.0 Å². The van der Waals surface area contributed by atoms with Gasteiger partial charge in [0.25, 0.3) is 0 Å². The monoisotopic (exact) mass is 389 g/mol. The van der Waals surface area contributed by atoms with Crippen LogP contribution in [0.1, 0.15) is 37.3 Å². The van der Waals surface area contributed by atoms with Crippen molar-refractivity contribution in [3.8, 4) is 0 Å². The van der Waals surface area contributed by atoms with Crippen LogP contribution in [0.3, 0.4) is 0 Å². The lowest BCUT2D eigenvalue weighted by molar-refractivity contribution is -0.135. The van der Waals surface area contributed by atoms with Crippen molar-refractivity contribution in [3.63, 3.8) is 0 Å². The topological polar surface area (TPSA) is 58.7 Å². The fourth-order valence-electron chi connectivity index (χ4n) is 3.66. The number of hydrogen-bond donors (Lipinski definition) is 1. The summed E-state index contributed by atoms with van der Waals surface area (Å²) in [7, 11) is 0. The molecule has 2 atom stereocenters. The van der Waals surface area contributed by atoms with Crippen LogP contribution < -0.4 is 5.73 Å². The second-order valence-corrected chi connectivity index (χ2v) is 7.03. The van der Waals surface area contributed by atoms with Gasteiger partial charge in [0.2, 0.25) is 5.91 Å². The number of nitrogens with zero attached hydrogens (tertiary/aromatic N) is 2. The minimum absolute atomic E-state index is 0.0128. The number of benzene rings is 2. The Bertz CT molecular complexity index is 888. The Morgan fingerprint density at radius 1 is 1.25 bits per heavy atom. The van der Waals surface area contributed by atoms with Crippen molar-refractivity contribution < 1.29 is 18.0 Å². The van der Waals surface area contributed by atoms with Crippen molar-refractivity contribution in [1.29, 1.82) is 0 Å². The summed E-state index contributed by atoms with van der Waals surface area (Å²) in [6.45, 7) is 0.679. The molecule has 0 spiro atoms. The summed E-state index contributed by atoms with van der Waals surface area (Å²) >= 11 is 0. The van der Waals surface area contributed by atoms with Crippen LogP contribution in [0.25, 0.3) is 0 Å². The summed E-state index contributed by atoms with van der Waals surface area (Å²) in [6.07, 6.45) is 0.825. The zero-order valence-corrected chi connectivity index (χ0v) is 15.5. The van der Waals surface area contributed by atoms with Gasteiger partial charge in [-0.25, -0.2) is 18.2 Å². The first-order chi connectivity index (χ1) is 13.4. The van der Waals surface area contributed by atoms with E-state index in [0.717, 1.165) is 23.8 Å². The predicted octanol–water partition coefficient (Wildman–Crippen LogP) is 3.89. The van der Waals surface area contributed by atoms with E-state index < -0.39 is 29.9 Å². The van der Waals surface area contributed by atoms with Gasteiger partial charge in [-0.1, -0.05) is 30.3 Å². The van der Waals surface area contributed by atoms with E-state index in [4.69, 9.17) is 5.73 Å². The zero-order valence-electron chi connectivity index (χ0n) is 15.5. The molecule has 0 saturated carbocycles. The molecule has 28 heavy (non-hydrogen) atoms. The Hall–Kier alpha value is -2.67. The molecule has 1 unspecified atom stereocenters. The molecule has 3 rings (SSSR count). The van der Waals surface area contributed by atoms with Gasteiger partial charge in [0.05, 0.1) is 11.3 Å². The van der Waals surface area contributed by atoms with E-state index in [1.54, 1.807) is 0 Å². The maximum atomic E-state index is 14.4. The Kier molecular flexibility index (Phi) is 5.84. The van der Waals surface area contributed by atoms with Crippen LogP contribution >= 0.6 is 0 Å². The van der Waals surface area contributed by atoms with Gasteiger partial charge in [0.1, 0.15) is 18.3 Å². The number of hydrogen-bond acceptors (Lipinski definition) is 3. The molecule has 2 aromatic rings. The highest BCUT2D eigenvalue weighted by Gasteiger charge is 2.46. The fourth-order valence-corrected chi connectivity index (χ4v) is 3.66. The average Bonchev–Trinajstić information content (AvgIpc) is 3.09. The van der Waals surface area contributed by atoms with Crippen LogP contribution in [-0.4, -0.2) is 29.3 Å². The first kappa shape index (κ1) is 20.1. The Balaban J connectivity index is 2.08. The van der Waals surface area contributed by atoms with Crippen molar-refractivity contribution >= 4 is 11.6 Å². The molecule has 148 valence electrons. The zero-order chi connectivity index (χ0) is 20.3. The molecule has 7 heteroatoms. The molecule has 1 aliphatic rings. The van der Waals surface area contributed by atoms with Crippen molar-refractivity contribution in [2.75, 3.05) is 6.67 Å². The van der Waals surface area contributed by atoms with E-state index in [0.29, 0.717) is 12.8 Å². The third-order valence-corrected chi connectivity index (χ3v) is 5.06. The molecule has 0 aliphatic carbocycles. The molecule has 2 aromatic carbocycles. The standard InChI is InChI=1S/C21H22F3N3O/c1-14(28)27-21(10-9-17(25)13-22,15-5-3-2-4-6-15)12-20(26-27)18-11-16(23)7-8-19(18)24/h2-8,11,17H,9-10,12-13,25H2,1H3/t17?,21-/m0/s1. The predicted molar refractivity (Wildman–Crippen MR) is 101 cm³/mol. The van der Waals surface area contributed by atoms with Crippen LogP contribution in [0.4, 0.5) is 13.2 Å². The average molecular weight is 389 g/mol. The Morgan fingerprint density at radius 3 is 2.61 bits per heavy atom. The highest BCUT2D eigenvalue weighted by molar-refractivity contribution is 6.03. The van der Waals surface area contributed by atoms with Gasteiger partial charge in [-0.2, -0.15) is 5.10 Å². The maximum Gasteiger partial charge on any atom is 0.240 e. The van der Waals surface area contributed by atoms with Gasteiger partial charge in [-0.15, -0.1) is 0 Å². The molecular formula is C21H22F3N3O. The molecule has 0 bridgehead atoms. The van der Waals surface area contributed by atoms with Gasteiger partial charge in [-0.3, -0.25) is 4.79 Å². The summed E-state index contributed by atoms with van der Waals surface area (Å²) in [5, 5.41) is 5.65. The molecule has 1 aliphatic heterocycles. The van der Waals surface area contributed by atoms with Crippen molar-refractivity contribution in [1.82, 2.24) is 5.01 Å². The highest BCUT2D eigenvalue weighted by Crippen LogP contribution is 2.43. The Morgan fingerprint density at radius 2 is 1.96 bits per heavy atom. The van der Waals surface area contributed by atoms with Gasteiger partial charge in [-0.05, 0) is 36.6 Å². The second kappa shape index (κ2) is 8.14. The third-order valence-electron chi connectivity index (χ3n) is 5.06. The molecule has 1 amide bonds. The number of carbonyl (C=O) groups excluding carboxylic acids is 1. The SMILES string of the molecule is CC(=O)N1N=C(c2cc(F)ccc2F)C[C@@]1(CCC(N)CF)c1ccccc1. The number of carbonyl (C=O) groups is 1. The lowest BCUT2D eigenvalue weighted by Crippen LogP contribution is -2.44. The number of hydrazone groups is 1. The highest BCUT2D eigenvalue weighted by atomic mass is 19.1. The summed E-state index contributed by atoms with van der Waals surface area (Å²) in [4.78, 5) is 12.4. The van der Waals surface area contributed by atoms with Crippen molar-refractivity contribution in [3.05, 3.63) is 71.3 Å². The summed E-state index contributed by atoms with van der Waals surface area (Å²) < 4.78 is 41.0. The van der Waals surface area contributed by atoms with Crippen molar-refractivity contribution in [2.45, 2.75) is 37.8 Å². The lowest BCUT2D eigenvalue weighted by atomic mass is 9.79. The lowest BCUT2D eigenvalue weighted by Gasteiger charge is -2.37. The first-order valence-corrected chi connectivity index (χ1v) is 9.08. The van der Waals surface area contributed by atoms with E-state index in [-0.39, 0.29) is 23.6 Å². The molecule has 0 fully saturated rings. The summed E-state index contributed by atoms with van der Waals surface area (Å²) in [5.41, 5.74) is 5.90. The number of alkyl halides is 1. The normalized spacial score (nSPS) is 20.2. The van der Waals surface area contributed by atoms with Gasteiger partial charge in [0.15, 0.2) is 0 Å². The van der Waals surface area contributed by atoms with Crippen LogP contribution in [0, 0.1) is 11.6 Å². The van der Waals surface area contributed by atoms with E-state index >= 15 is 0 Å². The minimum atomic E-state index is -0.937. The van der Waals surface area contributed by atoms with Crippen molar-refractivity contribution in [2.24, 2.45) is 10.8 Å². The van der Waals surface area contributed by atoms with Gasteiger partial charge in [0, 0.05) is 24.9 Å². The number of nitrogens with two attached hydrogens (primary N) is 1. The number of amides is 1. The van der Waals surface area contributed by atoms with Gasteiger partial charge < -0.3 is 5.73 Å². The van der Waals surface area contributed by atoms with E-state index in [1.165, 1.54) is 11.9 Å². The summed E-state index contributed by atoms with van der Waals surface area (Å²) in [6, 6.07) is 11.6. The number of halogens is 3. The molecule has 0 radical (unpaired) electrons. The second-order valence-electron chi connectivity index (χ2n) is 7.03. The number of rotatable bonds is 6. The van der Waals surface area contributed by atoms with Crippen LogP contribution in [-0.2, 0) is 10.3 Å². The fraction of sp³-hybridized carbons (Fsp3) is 0.333. The molecule has 2 N–H and O–H groups in total. The van der Waals surface area contributed by atoms with E-state index in [1.807, 2.05) is 30.3 Å². The molecule has 4 nitrogen and oxygen atoms in total. The summed E-state index contributed by atoms with van der Waals surface area (Å²) in [5.74, 6) is -1.55. The van der Waals surface area contributed by atoms with Gasteiger partial charge >= 0.3 is 0 Å². The van der Waals surface area contributed by atoms with E-state index in [2.05, 4.69) is 5.10 Å². The molecule has 1 heterocycles. The minimum Gasteiger partial charge on any atom is -0.325 e. The van der Waals surface area contributed by atoms with Crippen LogP contribution in [0.15, 0.2) is 53.6 Å². The van der Waals surface area contributed by atoms with Crippen LogP contribution in [0.5, 0.6) is 0 Å². The smallest absolute Gasteiger partial charge is 0.240 e. The first-order valence-electron chi connectivity index (χ1n) is 9.08. The maximum absolute atomic E-state index is 14.4. The third kappa shape index (κ3) is 3.80. The Labute approximate surface area is 161 Å². The molecular weight excluding hydrogens is 367 g/mol. The quantitative estimate of drug-likeness (QED) is 0.815. The molecule has 0 aromatic heterocycles. The van der Waals surface area contributed by atoms with Crippen LogP contribution in [0.2, 0.25) is 0 Å². The largest absolute Gasteiger partial charge is 0.325 e. The molecule has 0 saturated heterocycles.